The van der Waals surface area contributed by atoms with E-state index < -0.39 is 22.9 Å². The fourth-order valence-corrected chi connectivity index (χ4v) is 2.17. The number of anilines is 1. The number of ether oxygens (including phenoxy) is 1. The number of benzene rings is 2. The van der Waals surface area contributed by atoms with Gasteiger partial charge in [0.1, 0.15) is 0 Å². The first-order valence-electron chi connectivity index (χ1n) is 6.88. The molecule has 7 nitrogen and oxygen atoms in total. The van der Waals surface area contributed by atoms with E-state index in [1.807, 2.05) is 0 Å². The quantitative estimate of drug-likeness (QED) is 0.333. The van der Waals surface area contributed by atoms with Crippen LogP contribution >= 0.6 is 22.6 Å². The molecule has 0 radical (unpaired) electrons. The van der Waals surface area contributed by atoms with E-state index in [2.05, 4.69) is 27.9 Å². The molecular formula is C16H13IN2O5. The molecule has 1 N–H and O–H groups in total. The lowest BCUT2D eigenvalue weighted by Gasteiger charge is -2.13. The van der Waals surface area contributed by atoms with E-state index in [4.69, 9.17) is 4.74 Å². The Bertz CT molecular complexity index is 776. The van der Waals surface area contributed by atoms with Gasteiger partial charge in [0, 0.05) is 21.4 Å². The number of nitro benzene ring substituents is 1. The number of carbonyl (C=O) groups is 2. The molecule has 24 heavy (non-hydrogen) atoms. The van der Waals surface area contributed by atoms with Gasteiger partial charge in [-0.2, -0.15) is 0 Å². The van der Waals surface area contributed by atoms with Crippen molar-refractivity contribution in [3.63, 3.8) is 0 Å². The molecule has 2 aromatic rings. The molecule has 1 unspecified atom stereocenters. The molecule has 0 saturated heterocycles. The van der Waals surface area contributed by atoms with E-state index in [0.29, 0.717) is 5.56 Å². The molecule has 0 saturated carbocycles. The van der Waals surface area contributed by atoms with Gasteiger partial charge >= 0.3 is 5.97 Å². The monoisotopic (exact) mass is 440 g/mol. The predicted molar refractivity (Wildman–Crippen MR) is 95.8 cm³/mol. The van der Waals surface area contributed by atoms with Crippen molar-refractivity contribution in [2.75, 3.05) is 5.32 Å². The number of hydrogen-bond donors (Lipinski definition) is 1. The van der Waals surface area contributed by atoms with Crippen LogP contribution in [0.3, 0.4) is 0 Å². The second-order valence-electron chi connectivity index (χ2n) is 4.85. The molecule has 2 rings (SSSR count). The summed E-state index contributed by atoms with van der Waals surface area (Å²) < 4.78 is 6.07. The number of esters is 1. The normalized spacial score (nSPS) is 11.4. The summed E-state index contributed by atoms with van der Waals surface area (Å²) in [6.45, 7) is 1.43. The van der Waals surface area contributed by atoms with Crippen LogP contribution < -0.4 is 5.32 Å². The maximum absolute atomic E-state index is 12.1. The highest BCUT2D eigenvalue weighted by molar-refractivity contribution is 14.1. The molecule has 8 heteroatoms. The first-order chi connectivity index (χ1) is 11.4. The maximum Gasteiger partial charge on any atom is 0.338 e. The number of carbonyl (C=O) groups excluding carboxylic acids is 2. The first kappa shape index (κ1) is 17.9. The second-order valence-corrected chi connectivity index (χ2v) is 6.10. The van der Waals surface area contributed by atoms with Crippen molar-refractivity contribution < 1.29 is 19.2 Å². The van der Waals surface area contributed by atoms with Crippen molar-refractivity contribution in [1.82, 2.24) is 0 Å². The highest BCUT2D eigenvalue weighted by atomic mass is 127. The highest BCUT2D eigenvalue weighted by Gasteiger charge is 2.19. The van der Waals surface area contributed by atoms with Gasteiger partial charge in [0.2, 0.25) is 0 Å². The lowest BCUT2D eigenvalue weighted by atomic mass is 10.2. The molecule has 0 spiro atoms. The zero-order chi connectivity index (χ0) is 17.7. The van der Waals surface area contributed by atoms with E-state index in [0.717, 1.165) is 3.57 Å². The van der Waals surface area contributed by atoms with Crippen LogP contribution in [0.2, 0.25) is 0 Å². The van der Waals surface area contributed by atoms with E-state index in [1.165, 1.54) is 31.2 Å². The fraction of sp³-hybridized carbons (Fsp3) is 0.125. The van der Waals surface area contributed by atoms with Gasteiger partial charge in [-0.05, 0) is 59.8 Å². The van der Waals surface area contributed by atoms with Crippen molar-refractivity contribution in [3.05, 3.63) is 67.8 Å². The number of halogens is 1. The third-order valence-electron chi connectivity index (χ3n) is 3.06. The van der Waals surface area contributed by atoms with Gasteiger partial charge in [-0.1, -0.05) is 6.07 Å². The van der Waals surface area contributed by atoms with Crippen LogP contribution in [0.1, 0.15) is 17.3 Å². The van der Waals surface area contributed by atoms with Crippen LogP contribution in [-0.2, 0) is 9.53 Å². The summed E-state index contributed by atoms with van der Waals surface area (Å²) in [6.07, 6.45) is -1.05. The summed E-state index contributed by atoms with van der Waals surface area (Å²) in [5.41, 5.74) is 0.452. The van der Waals surface area contributed by atoms with Crippen LogP contribution in [0.4, 0.5) is 11.4 Å². The first-order valence-corrected chi connectivity index (χ1v) is 7.96. The van der Waals surface area contributed by atoms with Gasteiger partial charge in [-0.25, -0.2) is 4.79 Å². The van der Waals surface area contributed by atoms with E-state index in [9.17, 15) is 19.7 Å². The zero-order valence-electron chi connectivity index (χ0n) is 12.6. The van der Waals surface area contributed by atoms with Crippen molar-refractivity contribution in [2.24, 2.45) is 0 Å². The minimum absolute atomic E-state index is 0.142. The van der Waals surface area contributed by atoms with E-state index in [-0.39, 0.29) is 11.4 Å². The van der Waals surface area contributed by atoms with Crippen LogP contribution in [0.25, 0.3) is 0 Å². The Kier molecular flexibility index (Phi) is 5.85. The zero-order valence-corrected chi connectivity index (χ0v) is 14.7. The number of non-ortho nitro benzene ring substituents is 1. The average Bonchev–Trinajstić information content (AvgIpc) is 2.55. The Morgan fingerprint density at radius 3 is 2.50 bits per heavy atom. The molecule has 1 atom stereocenters. The Hall–Kier alpha value is -2.49. The second kappa shape index (κ2) is 7.86. The summed E-state index contributed by atoms with van der Waals surface area (Å²) in [5, 5.41) is 13.2. The van der Waals surface area contributed by atoms with Gasteiger partial charge in [-0.3, -0.25) is 14.9 Å². The Morgan fingerprint density at radius 1 is 1.21 bits per heavy atom. The number of amides is 1. The van der Waals surface area contributed by atoms with E-state index >= 15 is 0 Å². The molecule has 0 aliphatic heterocycles. The molecule has 0 aliphatic rings. The molecule has 2 aromatic carbocycles. The molecule has 0 heterocycles. The summed E-state index contributed by atoms with van der Waals surface area (Å²) in [4.78, 5) is 34.2. The number of rotatable bonds is 5. The van der Waals surface area contributed by atoms with Crippen LogP contribution in [0.15, 0.2) is 48.5 Å². The molecule has 0 bridgehead atoms. The lowest BCUT2D eigenvalue weighted by molar-refractivity contribution is -0.384. The Balaban J connectivity index is 1.99. The van der Waals surface area contributed by atoms with Crippen molar-refractivity contribution >= 4 is 45.8 Å². The Labute approximate surface area is 151 Å². The summed E-state index contributed by atoms with van der Waals surface area (Å²) in [7, 11) is 0. The molecule has 0 aromatic heterocycles. The minimum atomic E-state index is -1.05. The SMILES string of the molecule is CC(OC(=O)c1ccc(I)cc1)C(=O)Nc1cccc([N+](=O)[O-])c1. The fourth-order valence-electron chi connectivity index (χ4n) is 1.81. The number of nitrogens with one attached hydrogen (secondary N) is 1. The number of hydrogen-bond acceptors (Lipinski definition) is 5. The van der Waals surface area contributed by atoms with Gasteiger partial charge in [-0.15, -0.1) is 0 Å². The standard InChI is InChI=1S/C16H13IN2O5/c1-10(24-16(21)11-5-7-12(17)8-6-11)15(20)18-13-3-2-4-14(9-13)19(22)23/h2-10H,1H3,(H,18,20). The van der Waals surface area contributed by atoms with Crippen LogP contribution in [0.5, 0.6) is 0 Å². The molecule has 124 valence electrons. The third kappa shape index (κ3) is 4.75. The molecule has 0 aliphatic carbocycles. The molecule has 0 fully saturated rings. The van der Waals surface area contributed by atoms with Gasteiger partial charge < -0.3 is 10.1 Å². The summed E-state index contributed by atoms with van der Waals surface area (Å²) >= 11 is 2.11. The maximum atomic E-state index is 12.1. The van der Waals surface area contributed by atoms with Gasteiger partial charge in [0.25, 0.3) is 11.6 Å². The highest BCUT2D eigenvalue weighted by Crippen LogP contribution is 2.17. The van der Waals surface area contributed by atoms with Crippen molar-refractivity contribution in [2.45, 2.75) is 13.0 Å². The van der Waals surface area contributed by atoms with E-state index in [1.54, 1.807) is 24.3 Å². The predicted octanol–water partition coefficient (Wildman–Crippen LogP) is 3.38. The summed E-state index contributed by atoms with van der Waals surface area (Å²) in [5.74, 6) is -1.19. The van der Waals surface area contributed by atoms with Gasteiger partial charge in [0.05, 0.1) is 10.5 Å². The molecular weight excluding hydrogens is 427 g/mol. The number of nitrogens with zero attached hydrogens (tertiary/aromatic N) is 1. The average molecular weight is 440 g/mol. The minimum Gasteiger partial charge on any atom is -0.449 e. The van der Waals surface area contributed by atoms with Crippen LogP contribution in [-0.4, -0.2) is 22.9 Å². The smallest absolute Gasteiger partial charge is 0.338 e. The third-order valence-corrected chi connectivity index (χ3v) is 3.78. The number of nitro groups is 1. The lowest BCUT2D eigenvalue weighted by Crippen LogP contribution is -2.30. The van der Waals surface area contributed by atoms with Gasteiger partial charge in [0.15, 0.2) is 6.10 Å². The topological polar surface area (TPSA) is 98.5 Å². The molecule has 1 amide bonds. The van der Waals surface area contributed by atoms with Crippen molar-refractivity contribution in [1.29, 1.82) is 0 Å². The summed E-state index contributed by atoms with van der Waals surface area (Å²) in [6, 6.07) is 12.2. The largest absolute Gasteiger partial charge is 0.449 e. The Morgan fingerprint density at radius 2 is 1.88 bits per heavy atom. The van der Waals surface area contributed by atoms with Crippen LogP contribution in [0, 0.1) is 13.7 Å². The van der Waals surface area contributed by atoms with Crippen molar-refractivity contribution in [3.8, 4) is 0 Å².